The van der Waals surface area contributed by atoms with Crippen molar-refractivity contribution in [1.29, 1.82) is 0 Å². The molecule has 144 valence electrons. The number of hydrogen-bond acceptors (Lipinski definition) is 5. The summed E-state index contributed by atoms with van der Waals surface area (Å²) >= 11 is 0. The van der Waals surface area contributed by atoms with Crippen LogP contribution >= 0.6 is 7.60 Å². The van der Waals surface area contributed by atoms with Crippen molar-refractivity contribution >= 4 is 13.5 Å². The van der Waals surface area contributed by atoms with Crippen molar-refractivity contribution in [2.45, 2.75) is 5.66 Å². The van der Waals surface area contributed by atoms with Crippen LogP contribution in [0.15, 0.2) is 84.9 Å². The van der Waals surface area contributed by atoms with E-state index in [-0.39, 0.29) is 6.54 Å². The zero-order chi connectivity index (χ0) is 20.0. The number of hydrogen-bond donors (Lipinski definition) is 2. The Morgan fingerprint density at radius 2 is 1.29 bits per heavy atom. The Balaban J connectivity index is 1.99. The third-order valence-corrected chi connectivity index (χ3v) is 6.34. The molecule has 0 bridgehead atoms. The second-order valence-electron chi connectivity index (χ2n) is 6.09. The molecule has 0 heterocycles. The third kappa shape index (κ3) is 4.60. The van der Waals surface area contributed by atoms with E-state index in [1.54, 1.807) is 72.8 Å². The second-order valence-corrected chi connectivity index (χ2v) is 8.15. The zero-order valence-corrected chi connectivity index (χ0v) is 16.0. The molecular weight excluding hydrogens is 375 g/mol. The normalized spacial score (nSPS) is 12.2. The highest BCUT2D eigenvalue weighted by Gasteiger charge is 2.39. The molecule has 1 amide bonds. The van der Waals surface area contributed by atoms with Gasteiger partial charge in [0.15, 0.2) is 0 Å². The lowest BCUT2D eigenvalue weighted by Gasteiger charge is -2.27. The van der Waals surface area contributed by atoms with Crippen LogP contribution in [0.1, 0.15) is 21.6 Å². The van der Waals surface area contributed by atoms with Crippen molar-refractivity contribution in [3.63, 3.8) is 0 Å². The molecule has 3 aromatic carbocycles. The third-order valence-electron chi connectivity index (χ3n) is 4.14. The topological polar surface area (TPSA) is 105 Å². The van der Waals surface area contributed by atoms with Gasteiger partial charge in [0.2, 0.25) is 5.91 Å². The van der Waals surface area contributed by atoms with E-state index < -0.39 is 19.2 Å². The summed E-state index contributed by atoms with van der Waals surface area (Å²) in [7, 11) is -3.78. The molecule has 1 atom stereocenters. The van der Waals surface area contributed by atoms with Gasteiger partial charge in [0.05, 0.1) is 0 Å². The van der Waals surface area contributed by atoms with E-state index in [0.717, 1.165) is 0 Å². The Morgan fingerprint density at radius 1 is 0.821 bits per heavy atom. The zero-order valence-electron chi connectivity index (χ0n) is 15.1. The van der Waals surface area contributed by atoms with Crippen molar-refractivity contribution in [2.24, 2.45) is 11.5 Å². The van der Waals surface area contributed by atoms with Crippen LogP contribution in [0.2, 0.25) is 0 Å². The molecule has 3 aromatic rings. The molecule has 0 saturated carbocycles. The maximum atomic E-state index is 13.9. The summed E-state index contributed by atoms with van der Waals surface area (Å²) in [6.07, 6.45) is 0. The Morgan fingerprint density at radius 3 is 1.68 bits per heavy atom. The predicted octanol–water partition coefficient (Wildman–Crippen LogP) is 4.14. The number of primary amides is 1. The molecule has 3 rings (SSSR count). The predicted molar refractivity (Wildman–Crippen MR) is 109 cm³/mol. The average Bonchev–Trinajstić information content (AvgIpc) is 2.70. The van der Waals surface area contributed by atoms with Gasteiger partial charge in [-0.3, -0.25) is 4.79 Å². The maximum Gasteiger partial charge on any atom is 0.439 e. The number of carbonyl (C=O) groups is 1. The summed E-state index contributed by atoms with van der Waals surface area (Å²) in [4.78, 5) is 11.3. The van der Waals surface area contributed by atoms with Gasteiger partial charge in [0.1, 0.15) is 17.2 Å². The standard InChI is InChI=1S/C21H21N2O4P/c22-15-20(16-11-13-17(14-12-16)21(23)24)28(25,26-18-7-3-1-4-8-18)27-19-9-5-2-6-10-19/h1-14,20H,15,22H2,(H2,23,24). The Bertz CT molecular complexity index is 917. The molecule has 4 N–H and O–H groups in total. The minimum Gasteiger partial charge on any atom is -0.416 e. The molecule has 6 nitrogen and oxygen atoms in total. The number of rotatable bonds is 8. The van der Waals surface area contributed by atoms with E-state index >= 15 is 0 Å². The van der Waals surface area contributed by atoms with Gasteiger partial charge >= 0.3 is 7.60 Å². The molecule has 0 fully saturated rings. The van der Waals surface area contributed by atoms with Crippen LogP contribution < -0.4 is 20.5 Å². The first-order chi connectivity index (χ1) is 13.5. The van der Waals surface area contributed by atoms with Crippen molar-refractivity contribution in [3.05, 3.63) is 96.1 Å². The quantitative estimate of drug-likeness (QED) is 0.557. The number of carbonyl (C=O) groups excluding carboxylic acids is 1. The smallest absolute Gasteiger partial charge is 0.416 e. The van der Waals surface area contributed by atoms with Crippen LogP contribution in [-0.2, 0) is 4.57 Å². The fourth-order valence-corrected chi connectivity index (χ4v) is 4.64. The van der Waals surface area contributed by atoms with Gasteiger partial charge in [-0.25, -0.2) is 4.57 Å². The minimum atomic E-state index is -3.78. The first kappa shape index (κ1) is 19.7. The summed E-state index contributed by atoms with van der Waals surface area (Å²) in [6.45, 7) is 0.0207. The lowest BCUT2D eigenvalue weighted by Crippen LogP contribution is -2.19. The highest BCUT2D eigenvalue weighted by molar-refractivity contribution is 7.55. The Kier molecular flexibility index (Phi) is 6.14. The summed E-state index contributed by atoms with van der Waals surface area (Å²) in [5.74, 6) is 0.281. The average molecular weight is 396 g/mol. The fraction of sp³-hybridized carbons (Fsp3) is 0.0952. The van der Waals surface area contributed by atoms with Crippen LogP contribution in [0, 0.1) is 0 Å². The van der Waals surface area contributed by atoms with Crippen LogP contribution in [-0.4, -0.2) is 12.5 Å². The molecule has 0 aromatic heterocycles. The first-order valence-electron chi connectivity index (χ1n) is 8.70. The maximum absolute atomic E-state index is 13.9. The second kappa shape index (κ2) is 8.74. The van der Waals surface area contributed by atoms with E-state index in [9.17, 15) is 9.36 Å². The summed E-state index contributed by atoms with van der Waals surface area (Å²) in [5, 5.41) is 0. The summed E-state index contributed by atoms with van der Waals surface area (Å²) < 4.78 is 25.6. The van der Waals surface area contributed by atoms with Gasteiger partial charge in [-0.15, -0.1) is 0 Å². The minimum absolute atomic E-state index is 0.0207. The summed E-state index contributed by atoms with van der Waals surface area (Å²) in [5.41, 5.74) is 11.5. The number of amides is 1. The SMILES string of the molecule is NCC(c1ccc(C(N)=O)cc1)P(=O)(Oc1ccccc1)Oc1ccccc1. The van der Waals surface area contributed by atoms with Crippen molar-refractivity contribution in [1.82, 2.24) is 0 Å². The molecule has 0 radical (unpaired) electrons. The van der Waals surface area contributed by atoms with Crippen LogP contribution in [0.4, 0.5) is 0 Å². The Hall–Kier alpha value is -3.08. The lowest BCUT2D eigenvalue weighted by atomic mass is 10.1. The molecule has 0 aliphatic heterocycles. The van der Waals surface area contributed by atoms with Crippen LogP contribution in [0.5, 0.6) is 11.5 Å². The fourth-order valence-electron chi connectivity index (χ4n) is 2.72. The Labute approximate surface area is 163 Å². The van der Waals surface area contributed by atoms with Gasteiger partial charge < -0.3 is 20.5 Å². The van der Waals surface area contributed by atoms with Crippen molar-refractivity contribution in [3.8, 4) is 11.5 Å². The number of benzene rings is 3. The van der Waals surface area contributed by atoms with Crippen molar-refractivity contribution in [2.75, 3.05) is 6.54 Å². The molecule has 0 aliphatic carbocycles. The molecule has 7 heteroatoms. The highest BCUT2D eigenvalue weighted by atomic mass is 31.2. The molecule has 0 aliphatic rings. The van der Waals surface area contributed by atoms with E-state index in [4.69, 9.17) is 20.5 Å². The monoisotopic (exact) mass is 396 g/mol. The molecule has 0 spiro atoms. The molecule has 1 unspecified atom stereocenters. The van der Waals surface area contributed by atoms with Crippen LogP contribution in [0.3, 0.4) is 0 Å². The lowest BCUT2D eigenvalue weighted by molar-refractivity contribution is 0.100. The molecular formula is C21H21N2O4P. The van der Waals surface area contributed by atoms with E-state index in [0.29, 0.717) is 22.6 Å². The van der Waals surface area contributed by atoms with Gasteiger partial charge in [0, 0.05) is 12.1 Å². The first-order valence-corrected chi connectivity index (χ1v) is 10.3. The number of nitrogens with two attached hydrogens (primary N) is 2. The van der Waals surface area contributed by atoms with E-state index in [2.05, 4.69) is 0 Å². The highest BCUT2D eigenvalue weighted by Crippen LogP contribution is 2.59. The summed E-state index contributed by atoms with van der Waals surface area (Å²) in [6, 6.07) is 24.0. The molecule has 28 heavy (non-hydrogen) atoms. The molecule has 0 saturated heterocycles. The van der Waals surface area contributed by atoms with E-state index in [1.807, 2.05) is 12.1 Å². The van der Waals surface area contributed by atoms with Crippen LogP contribution in [0.25, 0.3) is 0 Å². The van der Waals surface area contributed by atoms with Gasteiger partial charge in [-0.2, -0.15) is 0 Å². The van der Waals surface area contributed by atoms with Gasteiger partial charge in [0.25, 0.3) is 0 Å². The van der Waals surface area contributed by atoms with Gasteiger partial charge in [-0.05, 0) is 42.0 Å². The van der Waals surface area contributed by atoms with Gasteiger partial charge in [-0.1, -0.05) is 48.5 Å². The number of para-hydroxylation sites is 2. The largest absolute Gasteiger partial charge is 0.439 e. The van der Waals surface area contributed by atoms with Crippen molar-refractivity contribution < 1.29 is 18.4 Å². The van der Waals surface area contributed by atoms with E-state index in [1.165, 1.54) is 0 Å².